The summed E-state index contributed by atoms with van der Waals surface area (Å²) in [5.74, 6) is 0.518. The van der Waals surface area contributed by atoms with E-state index in [0.717, 1.165) is 5.56 Å². The molecule has 29 heavy (non-hydrogen) atoms. The Bertz CT molecular complexity index is 784. The highest BCUT2D eigenvalue weighted by molar-refractivity contribution is 5.72. The molecule has 3 rings (SSSR count). The van der Waals surface area contributed by atoms with Crippen LogP contribution in [-0.4, -0.2) is 54.8 Å². The highest BCUT2D eigenvalue weighted by Gasteiger charge is 2.49. The molecule has 1 fully saturated rings. The lowest BCUT2D eigenvalue weighted by Crippen LogP contribution is -2.51. The first-order chi connectivity index (χ1) is 13.5. The number of amides is 1. The van der Waals surface area contributed by atoms with E-state index in [-0.39, 0.29) is 31.7 Å². The van der Waals surface area contributed by atoms with Crippen LogP contribution in [0.1, 0.15) is 52.5 Å². The number of ether oxygens (including phenoxy) is 5. The molecule has 0 saturated carbocycles. The quantitative estimate of drug-likeness (QED) is 0.707. The number of nitrogens with zero attached hydrogens (tertiary/aromatic N) is 1. The van der Waals surface area contributed by atoms with Crippen LogP contribution < -0.4 is 9.47 Å². The van der Waals surface area contributed by atoms with E-state index in [1.807, 2.05) is 46.8 Å². The molecule has 0 N–H and O–H groups in total. The number of benzene rings is 1. The van der Waals surface area contributed by atoms with Gasteiger partial charge in [0.2, 0.25) is 6.79 Å². The smallest absolute Gasteiger partial charge is 0.412 e. The van der Waals surface area contributed by atoms with Crippen molar-refractivity contribution in [3.8, 4) is 11.5 Å². The highest BCUT2D eigenvalue weighted by Crippen LogP contribution is 2.41. The second-order valence-electron chi connectivity index (χ2n) is 8.67. The average Bonchev–Trinajstić information content (AvgIpc) is 3.20. The number of methoxy groups -OCH3 is 1. The maximum absolute atomic E-state index is 13.0. The van der Waals surface area contributed by atoms with Gasteiger partial charge in [-0.2, -0.15) is 0 Å². The maximum atomic E-state index is 13.0. The molecule has 0 unspecified atom stereocenters. The summed E-state index contributed by atoms with van der Waals surface area (Å²) in [5.41, 5.74) is -0.700. The molecule has 1 amide bonds. The third-order valence-electron chi connectivity index (χ3n) is 5.01. The van der Waals surface area contributed by atoms with Crippen molar-refractivity contribution in [3.63, 3.8) is 0 Å². The summed E-state index contributed by atoms with van der Waals surface area (Å²) >= 11 is 0. The zero-order chi connectivity index (χ0) is 21.4. The summed E-state index contributed by atoms with van der Waals surface area (Å²) in [6.07, 6.45) is -0.403. The molecule has 0 spiro atoms. The number of hydrogen-bond acceptors (Lipinski definition) is 7. The predicted octanol–water partition coefficient (Wildman–Crippen LogP) is 3.43. The second-order valence-corrected chi connectivity index (χ2v) is 8.67. The molecule has 0 aliphatic carbocycles. The molecule has 1 aromatic carbocycles. The van der Waals surface area contributed by atoms with Crippen molar-refractivity contribution in [2.24, 2.45) is 0 Å². The van der Waals surface area contributed by atoms with Gasteiger partial charge < -0.3 is 23.7 Å². The van der Waals surface area contributed by atoms with Crippen molar-refractivity contribution >= 4 is 12.1 Å². The normalized spacial score (nSPS) is 21.0. The zero-order valence-electron chi connectivity index (χ0n) is 17.8. The van der Waals surface area contributed by atoms with Crippen LogP contribution in [0.2, 0.25) is 0 Å². The van der Waals surface area contributed by atoms with E-state index >= 15 is 0 Å². The van der Waals surface area contributed by atoms with E-state index < -0.39 is 23.5 Å². The first kappa shape index (κ1) is 21.2. The lowest BCUT2D eigenvalue weighted by molar-refractivity contribution is -0.141. The van der Waals surface area contributed by atoms with E-state index in [1.165, 1.54) is 7.11 Å². The number of hydrogen-bond donors (Lipinski definition) is 0. The van der Waals surface area contributed by atoms with Gasteiger partial charge in [-0.05, 0) is 52.3 Å². The minimum Gasteiger partial charge on any atom is -0.469 e. The summed E-state index contributed by atoms with van der Waals surface area (Å²) in [6, 6.07) is 5.11. The maximum Gasteiger partial charge on any atom is 0.412 e. The van der Waals surface area contributed by atoms with Crippen LogP contribution in [-0.2, 0) is 19.0 Å². The molecule has 0 aromatic heterocycles. The third kappa shape index (κ3) is 4.58. The fraction of sp³-hybridized carbons (Fsp3) is 0.619. The fourth-order valence-corrected chi connectivity index (χ4v) is 3.68. The predicted molar refractivity (Wildman–Crippen MR) is 104 cm³/mol. The Morgan fingerprint density at radius 3 is 2.59 bits per heavy atom. The van der Waals surface area contributed by atoms with E-state index in [2.05, 4.69) is 0 Å². The van der Waals surface area contributed by atoms with E-state index in [4.69, 9.17) is 23.7 Å². The van der Waals surface area contributed by atoms with E-state index in [9.17, 15) is 9.59 Å². The van der Waals surface area contributed by atoms with Crippen molar-refractivity contribution in [3.05, 3.63) is 23.8 Å². The van der Waals surface area contributed by atoms with Crippen molar-refractivity contribution in [2.45, 2.75) is 64.3 Å². The largest absolute Gasteiger partial charge is 0.469 e. The Balaban J connectivity index is 1.97. The van der Waals surface area contributed by atoms with Gasteiger partial charge in [0, 0.05) is 5.92 Å². The first-order valence-corrected chi connectivity index (χ1v) is 9.64. The van der Waals surface area contributed by atoms with Crippen molar-refractivity contribution in [1.82, 2.24) is 4.90 Å². The second kappa shape index (κ2) is 7.74. The van der Waals surface area contributed by atoms with Crippen LogP contribution in [0.5, 0.6) is 11.5 Å². The van der Waals surface area contributed by atoms with Gasteiger partial charge in [0.15, 0.2) is 11.5 Å². The summed E-state index contributed by atoms with van der Waals surface area (Å²) in [7, 11) is 1.35. The summed E-state index contributed by atoms with van der Waals surface area (Å²) in [5, 5.41) is 0. The molecule has 2 atom stereocenters. The van der Waals surface area contributed by atoms with Gasteiger partial charge in [0.1, 0.15) is 11.3 Å². The van der Waals surface area contributed by atoms with Crippen LogP contribution in [0.3, 0.4) is 0 Å². The number of fused-ring (bicyclic) bond motifs is 1. The summed E-state index contributed by atoms with van der Waals surface area (Å²) in [6.45, 7) is 9.48. The van der Waals surface area contributed by atoms with Crippen LogP contribution in [0.4, 0.5) is 4.79 Å². The summed E-state index contributed by atoms with van der Waals surface area (Å²) in [4.78, 5) is 26.8. The monoisotopic (exact) mass is 407 g/mol. The minimum atomic E-state index is -0.877. The molecular weight excluding hydrogens is 378 g/mol. The van der Waals surface area contributed by atoms with Crippen molar-refractivity contribution in [2.75, 3.05) is 20.5 Å². The molecule has 1 saturated heterocycles. The van der Waals surface area contributed by atoms with Crippen LogP contribution in [0, 0.1) is 0 Å². The molecule has 8 heteroatoms. The van der Waals surface area contributed by atoms with Gasteiger partial charge in [0.25, 0.3) is 0 Å². The van der Waals surface area contributed by atoms with Gasteiger partial charge in [-0.3, -0.25) is 9.69 Å². The van der Waals surface area contributed by atoms with Gasteiger partial charge >= 0.3 is 12.1 Å². The lowest BCUT2D eigenvalue weighted by atomic mass is 9.87. The Morgan fingerprint density at radius 2 is 1.93 bits per heavy atom. The van der Waals surface area contributed by atoms with E-state index in [0.29, 0.717) is 11.5 Å². The van der Waals surface area contributed by atoms with Crippen LogP contribution >= 0.6 is 0 Å². The Kier molecular flexibility index (Phi) is 5.67. The third-order valence-corrected chi connectivity index (χ3v) is 5.01. The number of rotatable bonds is 4. The standard InChI is InChI=1S/C21H29NO7/c1-20(2,3)29-19(24)22-15(11-28-21(22,4)5)14(10-18(23)25-6)13-7-8-16-17(9-13)27-12-26-16/h7-9,14-15H,10-12H2,1-6H3/t14-,15+/m1/s1. The minimum absolute atomic E-state index is 0.0829. The van der Waals surface area contributed by atoms with Crippen molar-refractivity contribution < 1.29 is 33.3 Å². The molecule has 2 heterocycles. The molecule has 1 aromatic rings. The average molecular weight is 407 g/mol. The number of carbonyl (C=O) groups excluding carboxylic acids is 2. The number of carbonyl (C=O) groups is 2. The van der Waals surface area contributed by atoms with Crippen molar-refractivity contribution in [1.29, 1.82) is 0 Å². The van der Waals surface area contributed by atoms with Gasteiger partial charge in [-0.25, -0.2) is 4.79 Å². The van der Waals surface area contributed by atoms with Gasteiger partial charge in [-0.1, -0.05) is 6.07 Å². The molecule has 0 radical (unpaired) electrons. The molecular formula is C21H29NO7. The number of esters is 1. The van der Waals surface area contributed by atoms with Gasteiger partial charge in [0.05, 0.1) is 26.2 Å². The van der Waals surface area contributed by atoms with Gasteiger partial charge in [-0.15, -0.1) is 0 Å². The SMILES string of the molecule is COC(=O)C[C@H](c1ccc2c(c1)OCO2)[C@@H]1COC(C)(C)N1C(=O)OC(C)(C)C. The highest BCUT2D eigenvalue weighted by atomic mass is 16.7. The molecule has 8 nitrogen and oxygen atoms in total. The first-order valence-electron chi connectivity index (χ1n) is 9.64. The Morgan fingerprint density at radius 1 is 1.24 bits per heavy atom. The Labute approximate surface area is 171 Å². The molecule has 2 aliphatic rings. The van der Waals surface area contributed by atoms with Crippen LogP contribution in [0.15, 0.2) is 18.2 Å². The Hall–Kier alpha value is -2.48. The fourth-order valence-electron chi connectivity index (χ4n) is 3.68. The molecule has 2 aliphatic heterocycles. The van der Waals surface area contributed by atoms with E-state index in [1.54, 1.807) is 11.0 Å². The van der Waals surface area contributed by atoms with Crippen LogP contribution in [0.25, 0.3) is 0 Å². The summed E-state index contributed by atoms with van der Waals surface area (Å²) < 4.78 is 27.3. The lowest BCUT2D eigenvalue weighted by Gasteiger charge is -2.37. The molecule has 160 valence electrons. The molecule has 0 bridgehead atoms. The zero-order valence-corrected chi connectivity index (χ0v) is 17.8. The topological polar surface area (TPSA) is 83.5 Å².